The zero-order chi connectivity index (χ0) is 26.8. The maximum absolute atomic E-state index is 12.8. The molecule has 1 amide bonds. The largest absolute Gasteiger partial charge is 0.389 e. The summed E-state index contributed by atoms with van der Waals surface area (Å²) in [6, 6.07) is 4.43. The van der Waals surface area contributed by atoms with E-state index in [9.17, 15) is 18.0 Å². The lowest BCUT2D eigenvalue weighted by atomic mass is 9.78. The average Bonchev–Trinajstić information content (AvgIpc) is 2.87. The van der Waals surface area contributed by atoms with Gasteiger partial charge in [-0.2, -0.15) is 13.2 Å². The van der Waals surface area contributed by atoms with Crippen molar-refractivity contribution in [1.29, 1.82) is 0 Å². The SMILES string of the molecule is CNCc1cc(C)c(/C=C/N2CCCC=C=C(C3CCC(CCC(F)(F)F)CC3)NC(=O)CC2)c(C)c1. The molecule has 2 N–H and O–H groups in total. The second kappa shape index (κ2) is 13.9. The summed E-state index contributed by atoms with van der Waals surface area (Å²) in [6.07, 6.45) is 7.06. The topological polar surface area (TPSA) is 44.4 Å². The highest BCUT2D eigenvalue weighted by Gasteiger charge is 2.31. The minimum Gasteiger partial charge on any atom is -0.377 e. The van der Waals surface area contributed by atoms with Crippen molar-refractivity contribution in [2.75, 3.05) is 20.1 Å². The van der Waals surface area contributed by atoms with Gasteiger partial charge in [0.05, 0.1) is 5.70 Å². The van der Waals surface area contributed by atoms with Crippen LogP contribution in [0.4, 0.5) is 13.2 Å². The van der Waals surface area contributed by atoms with Gasteiger partial charge >= 0.3 is 6.18 Å². The Morgan fingerprint density at radius 3 is 2.49 bits per heavy atom. The Morgan fingerprint density at radius 2 is 1.84 bits per heavy atom. The van der Waals surface area contributed by atoms with Crippen molar-refractivity contribution in [2.24, 2.45) is 11.8 Å². The zero-order valence-corrected chi connectivity index (χ0v) is 22.5. The van der Waals surface area contributed by atoms with Crippen molar-refractivity contribution in [3.8, 4) is 0 Å². The summed E-state index contributed by atoms with van der Waals surface area (Å²) in [5, 5.41) is 6.28. The van der Waals surface area contributed by atoms with Crippen LogP contribution in [0.15, 0.2) is 35.8 Å². The molecule has 0 saturated heterocycles. The van der Waals surface area contributed by atoms with Gasteiger partial charge in [-0.1, -0.05) is 12.1 Å². The van der Waals surface area contributed by atoms with Crippen molar-refractivity contribution in [2.45, 2.75) is 84.4 Å². The molecule has 204 valence electrons. The number of halogens is 3. The van der Waals surface area contributed by atoms with E-state index >= 15 is 0 Å². The summed E-state index contributed by atoms with van der Waals surface area (Å²) in [4.78, 5) is 15.0. The van der Waals surface area contributed by atoms with E-state index in [4.69, 9.17) is 0 Å². The molecule has 37 heavy (non-hydrogen) atoms. The van der Waals surface area contributed by atoms with Crippen LogP contribution in [0.2, 0.25) is 0 Å². The van der Waals surface area contributed by atoms with Gasteiger partial charge in [0, 0.05) is 38.4 Å². The standard InChI is InChI=1S/C30H42F3N3O/c1-22-19-25(21-34-3)20-23(2)27(22)13-17-36-16-6-4-5-7-28(35-29(37)14-18-36)26-10-8-24(9-11-26)12-15-30(31,32)33/h5,13,17,19-20,24,26,34H,4,6,8-12,14-16,18,21H2,1-3H3,(H,35,37)/b17-13+. The van der Waals surface area contributed by atoms with Crippen molar-refractivity contribution in [3.05, 3.63) is 58.1 Å². The van der Waals surface area contributed by atoms with Gasteiger partial charge in [-0.25, -0.2) is 0 Å². The summed E-state index contributed by atoms with van der Waals surface area (Å²) in [6.45, 7) is 6.60. The van der Waals surface area contributed by atoms with Crippen LogP contribution in [-0.4, -0.2) is 37.1 Å². The van der Waals surface area contributed by atoms with Crippen LogP contribution in [0.25, 0.3) is 6.08 Å². The van der Waals surface area contributed by atoms with Crippen molar-refractivity contribution in [3.63, 3.8) is 0 Å². The maximum atomic E-state index is 12.8. The quantitative estimate of drug-likeness (QED) is 0.392. The number of nitrogens with one attached hydrogen (secondary N) is 2. The molecular weight excluding hydrogens is 475 g/mol. The minimum absolute atomic E-state index is 0.0285. The third kappa shape index (κ3) is 9.71. The van der Waals surface area contributed by atoms with Gasteiger partial charge in [-0.05, 0) is 112 Å². The fourth-order valence-electron chi connectivity index (χ4n) is 5.47. The number of rotatable bonds is 7. The molecule has 1 aromatic carbocycles. The molecule has 0 aromatic heterocycles. The number of allylic oxidation sites excluding steroid dienone is 1. The maximum Gasteiger partial charge on any atom is 0.389 e. The number of carbonyl (C=O) groups is 1. The zero-order valence-electron chi connectivity index (χ0n) is 22.5. The van der Waals surface area contributed by atoms with E-state index in [0.717, 1.165) is 57.3 Å². The van der Waals surface area contributed by atoms with Gasteiger partial charge in [0.2, 0.25) is 5.91 Å². The molecule has 1 fully saturated rings. The molecule has 1 aliphatic heterocycles. The molecule has 2 aliphatic rings. The molecule has 1 heterocycles. The Labute approximate surface area is 220 Å². The number of hydrogen-bond acceptors (Lipinski definition) is 3. The third-order valence-corrected chi connectivity index (χ3v) is 7.53. The summed E-state index contributed by atoms with van der Waals surface area (Å²) >= 11 is 0. The number of alkyl halides is 3. The first-order chi connectivity index (χ1) is 17.6. The molecule has 4 nitrogen and oxygen atoms in total. The fraction of sp³-hybridized carbons (Fsp3) is 0.600. The van der Waals surface area contributed by atoms with Gasteiger partial charge in [0.15, 0.2) is 0 Å². The fourth-order valence-corrected chi connectivity index (χ4v) is 5.47. The molecule has 1 aromatic rings. The van der Waals surface area contributed by atoms with Gasteiger partial charge in [-0.3, -0.25) is 4.79 Å². The molecule has 3 rings (SSSR count). The van der Waals surface area contributed by atoms with Crippen molar-refractivity contribution >= 4 is 12.0 Å². The molecule has 1 aliphatic carbocycles. The Morgan fingerprint density at radius 1 is 1.14 bits per heavy atom. The predicted octanol–water partition coefficient (Wildman–Crippen LogP) is 6.78. The van der Waals surface area contributed by atoms with E-state index in [1.165, 1.54) is 22.3 Å². The number of carbonyl (C=O) groups excluding carboxylic acids is 1. The van der Waals surface area contributed by atoms with Crippen LogP contribution in [0.5, 0.6) is 0 Å². The first-order valence-electron chi connectivity index (χ1n) is 13.6. The van der Waals surface area contributed by atoms with Gasteiger partial charge in [-0.15, -0.1) is 5.73 Å². The lowest BCUT2D eigenvalue weighted by Crippen LogP contribution is -2.31. The van der Waals surface area contributed by atoms with E-state index in [0.29, 0.717) is 13.0 Å². The predicted molar refractivity (Wildman–Crippen MR) is 144 cm³/mol. The average molecular weight is 518 g/mol. The van der Waals surface area contributed by atoms with Crippen molar-refractivity contribution in [1.82, 2.24) is 15.5 Å². The molecule has 1 saturated carbocycles. The Hall–Kier alpha value is -2.50. The molecule has 0 spiro atoms. The smallest absolute Gasteiger partial charge is 0.377 e. The lowest BCUT2D eigenvalue weighted by molar-refractivity contribution is -0.138. The molecule has 0 bridgehead atoms. The van der Waals surface area contributed by atoms with Crippen LogP contribution in [-0.2, 0) is 11.3 Å². The number of benzene rings is 1. The highest BCUT2D eigenvalue weighted by molar-refractivity contribution is 5.78. The molecular formula is C30H42F3N3O. The molecule has 0 unspecified atom stereocenters. The third-order valence-electron chi connectivity index (χ3n) is 7.53. The summed E-state index contributed by atoms with van der Waals surface area (Å²) in [5.41, 5.74) is 9.11. The van der Waals surface area contributed by atoms with Gasteiger partial charge in [0.1, 0.15) is 0 Å². The van der Waals surface area contributed by atoms with Gasteiger partial charge < -0.3 is 15.5 Å². The second-order valence-electron chi connectivity index (χ2n) is 10.6. The highest BCUT2D eigenvalue weighted by atomic mass is 19.4. The van der Waals surface area contributed by atoms with E-state index in [1.807, 2.05) is 13.1 Å². The number of hydrogen-bond donors (Lipinski definition) is 2. The summed E-state index contributed by atoms with van der Waals surface area (Å²) < 4.78 is 37.7. The monoisotopic (exact) mass is 517 g/mol. The first-order valence-corrected chi connectivity index (χ1v) is 13.6. The van der Waals surface area contributed by atoms with Gasteiger partial charge in [0.25, 0.3) is 0 Å². The Bertz CT molecular complexity index is 977. The Balaban J connectivity index is 1.57. The normalized spacial score (nSPS) is 22.1. The highest BCUT2D eigenvalue weighted by Crippen LogP contribution is 2.36. The molecule has 7 heteroatoms. The number of amides is 1. The van der Waals surface area contributed by atoms with Crippen LogP contribution in [0, 0.1) is 25.7 Å². The molecule has 0 radical (unpaired) electrons. The van der Waals surface area contributed by atoms with E-state index in [1.54, 1.807) is 0 Å². The first kappa shape index (κ1) is 29.1. The Kier molecular flexibility index (Phi) is 10.9. The summed E-state index contributed by atoms with van der Waals surface area (Å²) in [7, 11) is 1.95. The van der Waals surface area contributed by atoms with Crippen LogP contribution in [0.1, 0.15) is 80.0 Å². The lowest BCUT2D eigenvalue weighted by Gasteiger charge is -2.29. The second-order valence-corrected chi connectivity index (χ2v) is 10.6. The minimum atomic E-state index is -4.08. The number of nitrogens with zero attached hydrogens (tertiary/aromatic N) is 1. The van der Waals surface area contributed by atoms with Crippen LogP contribution >= 0.6 is 0 Å². The van der Waals surface area contributed by atoms with E-state index < -0.39 is 12.6 Å². The number of aryl methyl sites for hydroxylation is 2. The van der Waals surface area contributed by atoms with E-state index in [-0.39, 0.29) is 24.2 Å². The summed E-state index contributed by atoms with van der Waals surface area (Å²) in [5.74, 6) is 0.253. The van der Waals surface area contributed by atoms with Crippen LogP contribution in [0.3, 0.4) is 0 Å². The van der Waals surface area contributed by atoms with Crippen molar-refractivity contribution < 1.29 is 18.0 Å². The van der Waals surface area contributed by atoms with Crippen LogP contribution < -0.4 is 10.6 Å². The molecule has 0 atom stereocenters. The van der Waals surface area contributed by atoms with E-state index in [2.05, 4.69) is 59.5 Å².